The highest BCUT2D eigenvalue weighted by Gasteiger charge is 2.11. The minimum absolute atomic E-state index is 0.236. The van der Waals surface area contributed by atoms with Crippen LogP contribution >= 0.6 is 0 Å². The molecule has 1 N–H and O–H groups in total. The Labute approximate surface area is 105 Å². The Morgan fingerprint density at radius 3 is 2.94 bits per heavy atom. The number of rotatable bonds is 4. The quantitative estimate of drug-likeness (QED) is 0.892. The van der Waals surface area contributed by atoms with Crippen molar-refractivity contribution in [3.05, 3.63) is 47.1 Å². The Balaban J connectivity index is 2.01. The molecule has 5 nitrogen and oxygen atoms in total. The predicted molar refractivity (Wildman–Crippen MR) is 66.0 cm³/mol. The summed E-state index contributed by atoms with van der Waals surface area (Å²) >= 11 is 0. The Hall–Kier alpha value is -2.17. The minimum Gasteiger partial charge on any atom is -0.351 e. The molecule has 1 amide bonds. The predicted octanol–water partition coefficient (Wildman–Crippen LogP) is 1.87. The second-order valence-corrected chi connectivity index (χ2v) is 4.01. The van der Waals surface area contributed by atoms with Crippen molar-refractivity contribution in [3.63, 3.8) is 0 Å². The Bertz CT molecular complexity index is 549. The first-order valence-corrected chi connectivity index (χ1v) is 5.84. The highest BCUT2D eigenvalue weighted by Crippen LogP contribution is 2.08. The minimum atomic E-state index is -0.255. The Morgan fingerprint density at radius 1 is 1.44 bits per heavy atom. The number of nitrogens with zero attached hydrogens (tertiary/aromatic N) is 2. The summed E-state index contributed by atoms with van der Waals surface area (Å²) in [4.78, 5) is 15.8. The summed E-state index contributed by atoms with van der Waals surface area (Å²) in [6.07, 6.45) is 4.43. The summed E-state index contributed by atoms with van der Waals surface area (Å²) in [5.41, 5.74) is 2.89. The summed E-state index contributed by atoms with van der Waals surface area (Å²) < 4.78 is 4.90. The van der Waals surface area contributed by atoms with Crippen LogP contribution in [0.15, 0.2) is 29.0 Å². The van der Waals surface area contributed by atoms with Gasteiger partial charge in [-0.2, -0.15) is 0 Å². The second kappa shape index (κ2) is 5.44. The molecule has 0 fully saturated rings. The van der Waals surface area contributed by atoms with Crippen LogP contribution in [-0.4, -0.2) is 16.0 Å². The summed E-state index contributed by atoms with van der Waals surface area (Å²) in [6, 6.07) is 3.52. The molecule has 0 aliphatic carbocycles. The number of carbonyl (C=O) groups excluding carboxylic acids is 1. The summed E-state index contributed by atoms with van der Waals surface area (Å²) in [6.45, 7) is 4.30. The third kappa shape index (κ3) is 2.74. The molecule has 0 aliphatic rings. The van der Waals surface area contributed by atoms with E-state index in [0.717, 1.165) is 17.5 Å². The summed E-state index contributed by atoms with van der Waals surface area (Å²) in [7, 11) is 0. The topological polar surface area (TPSA) is 68.0 Å². The van der Waals surface area contributed by atoms with Gasteiger partial charge in [0, 0.05) is 25.0 Å². The lowest BCUT2D eigenvalue weighted by atomic mass is 10.1. The number of nitrogens with one attached hydrogen (secondary N) is 1. The van der Waals surface area contributed by atoms with E-state index in [1.807, 2.05) is 12.3 Å². The van der Waals surface area contributed by atoms with Crippen molar-refractivity contribution in [3.8, 4) is 0 Å². The second-order valence-electron chi connectivity index (χ2n) is 4.01. The first kappa shape index (κ1) is 12.3. The molecule has 18 heavy (non-hydrogen) atoms. The standard InChI is InChI=1S/C13H15N3O2/c1-3-10-7-14-5-4-11(10)8-15-13(17)12-6-9(2)16-18-12/h4-7H,3,8H2,1-2H3,(H,15,17). The lowest BCUT2D eigenvalue weighted by molar-refractivity contribution is 0.0914. The molecule has 2 heterocycles. The number of carbonyl (C=O) groups is 1. The smallest absolute Gasteiger partial charge is 0.290 e. The van der Waals surface area contributed by atoms with Crippen LogP contribution in [0.2, 0.25) is 0 Å². The van der Waals surface area contributed by atoms with E-state index in [1.54, 1.807) is 19.2 Å². The highest BCUT2D eigenvalue weighted by atomic mass is 16.5. The van der Waals surface area contributed by atoms with Crippen LogP contribution in [0.3, 0.4) is 0 Å². The largest absolute Gasteiger partial charge is 0.351 e. The zero-order chi connectivity index (χ0) is 13.0. The van der Waals surface area contributed by atoms with Crippen LogP contribution in [0.4, 0.5) is 0 Å². The van der Waals surface area contributed by atoms with E-state index >= 15 is 0 Å². The van der Waals surface area contributed by atoms with Gasteiger partial charge in [0.05, 0.1) is 5.69 Å². The van der Waals surface area contributed by atoms with Gasteiger partial charge in [-0.05, 0) is 30.5 Å². The molecule has 5 heteroatoms. The van der Waals surface area contributed by atoms with Crippen LogP contribution in [0.1, 0.15) is 34.3 Å². The van der Waals surface area contributed by atoms with E-state index < -0.39 is 0 Å². The third-order valence-electron chi connectivity index (χ3n) is 2.68. The van der Waals surface area contributed by atoms with Crippen molar-refractivity contribution in [2.24, 2.45) is 0 Å². The molecule has 2 aromatic heterocycles. The SMILES string of the molecule is CCc1cnccc1CNC(=O)c1cc(C)no1. The lowest BCUT2D eigenvalue weighted by Crippen LogP contribution is -2.23. The fourth-order valence-electron chi connectivity index (χ4n) is 1.68. The molecule has 2 aromatic rings. The molecular weight excluding hydrogens is 230 g/mol. The van der Waals surface area contributed by atoms with Gasteiger partial charge in [-0.1, -0.05) is 12.1 Å². The van der Waals surface area contributed by atoms with Gasteiger partial charge in [0.25, 0.3) is 5.91 Å². The van der Waals surface area contributed by atoms with Crippen molar-refractivity contribution in [2.45, 2.75) is 26.8 Å². The maximum atomic E-state index is 11.8. The first-order valence-electron chi connectivity index (χ1n) is 5.84. The molecular formula is C13H15N3O2. The van der Waals surface area contributed by atoms with Crippen LogP contribution in [0.5, 0.6) is 0 Å². The average molecular weight is 245 g/mol. The summed E-state index contributed by atoms with van der Waals surface area (Å²) in [5.74, 6) is -0.0194. The van der Waals surface area contributed by atoms with E-state index in [1.165, 1.54) is 0 Å². The fourth-order valence-corrected chi connectivity index (χ4v) is 1.68. The number of hydrogen-bond donors (Lipinski definition) is 1. The average Bonchev–Trinajstić information content (AvgIpc) is 2.83. The lowest BCUT2D eigenvalue weighted by Gasteiger charge is -2.07. The van der Waals surface area contributed by atoms with Crippen LogP contribution in [0.25, 0.3) is 0 Å². The molecule has 0 radical (unpaired) electrons. The zero-order valence-corrected chi connectivity index (χ0v) is 10.4. The van der Waals surface area contributed by atoms with Gasteiger partial charge >= 0.3 is 0 Å². The molecule has 2 rings (SSSR count). The van der Waals surface area contributed by atoms with Crippen molar-refractivity contribution < 1.29 is 9.32 Å². The van der Waals surface area contributed by atoms with Crippen LogP contribution < -0.4 is 5.32 Å². The van der Waals surface area contributed by atoms with Gasteiger partial charge in [-0.25, -0.2) is 0 Å². The van der Waals surface area contributed by atoms with E-state index in [-0.39, 0.29) is 11.7 Å². The number of amides is 1. The Kier molecular flexibility index (Phi) is 3.72. The molecule has 0 spiro atoms. The Morgan fingerprint density at radius 2 is 2.28 bits per heavy atom. The molecule has 0 saturated heterocycles. The molecule has 0 aromatic carbocycles. The van der Waals surface area contributed by atoms with Crippen LogP contribution in [-0.2, 0) is 13.0 Å². The number of pyridine rings is 1. The molecule has 0 unspecified atom stereocenters. The molecule has 0 bridgehead atoms. The van der Waals surface area contributed by atoms with E-state index in [2.05, 4.69) is 22.4 Å². The highest BCUT2D eigenvalue weighted by molar-refractivity contribution is 5.91. The van der Waals surface area contributed by atoms with Crippen LogP contribution in [0, 0.1) is 6.92 Å². The zero-order valence-electron chi connectivity index (χ0n) is 10.4. The fraction of sp³-hybridized carbons (Fsp3) is 0.308. The monoisotopic (exact) mass is 245 g/mol. The van der Waals surface area contributed by atoms with Crippen molar-refractivity contribution in [2.75, 3.05) is 0 Å². The van der Waals surface area contributed by atoms with E-state index in [0.29, 0.717) is 12.2 Å². The van der Waals surface area contributed by atoms with Gasteiger partial charge < -0.3 is 9.84 Å². The van der Waals surface area contributed by atoms with Gasteiger partial charge in [0.1, 0.15) is 0 Å². The summed E-state index contributed by atoms with van der Waals surface area (Å²) in [5, 5.41) is 6.48. The van der Waals surface area contributed by atoms with Crippen molar-refractivity contribution in [1.82, 2.24) is 15.5 Å². The molecule has 0 saturated carbocycles. The van der Waals surface area contributed by atoms with Gasteiger partial charge in [0.2, 0.25) is 5.76 Å². The van der Waals surface area contributed by atoms with E-state index in [9.17, 15) is 4.79 Å². The van der Waals surface area contributed by atoms with Gasteiger partial charge in [-0.15, -0.1) is 0 Å². The van der Waals surface area contributed by atoms with Crippen molar-refractivity contribution >= 4 is 5.91 Å². The first-order chi connectivity index (χ1) is 8.70. The normalized spacial score (nSPS) is 10.3. The molecule has 0 atom stereocenters. The van der Waals surface area contributed by atoms with Crippen molar-refractivity contribution in [1.29, 1.82) is 0 Å². The molecule has 94 valence electrons. The van der Waals surface area contributed by atoms with Gasteiger partial charge in [-0.3, -0.25) is 9.78 Å². The number of aromatic nitrogens is 2. The maximum absolute atomic E-state index is 11.8. The van der Waals surface area contributed by atoms with E-state index in [4.69, 9.17) is 4.52 Å². The molecule has 0 aliphatic heterocycles. The maximum Gasteiger partial charge on any atom is 0.290 e. The van der Waals surface area contributed by atoms with Gasteiger partial charge in [0.15, 0.2) is 0 Å². The third-order valence-corrected chi connectivity index (χ3v) is 2.68. The number of aryl methyl sites for hydroxylation is 2. The number of hydrogen-bond acceptors (Lipinski definition) is 4.